The largest absolute Gasteiger partial charge is 0.480 e. The summed E-state index contributed by atoms with van der Waals surface area (Å²) in [4.78, 5) is 13.2. The number of aliphatic carboxylic acids is 1. The molecule has 2 rings (SSSR count). The van der Waals surface area contributed by atoms with Gasteiger partial charge in [0.15, 0.2) is 0 Å². The molecular formula is C9H16N2O2. The van der Waals surface area contributed by atoms with Gasteiger partial charge in [-0.25, -0.2) is 0 Å². The first kappa shape index (κ1) is 8.97. The summed E-state index contributed by atoms with van der Waals surface area (Å²) in [5, 5.41) is 9.00. The molecule has 2 heterocycles. The van der Waals surface area contributed by atoms with Crippen molar-refractivity contribution >= 4 is 5.97 Å². The molecule has 3 N–H and O–H groups in total. The highest BCUT2D eigenvalue weighted by Crippen LogP contribution is 2.38. The number of hydrogen-bond donors (Lipinski definition) is 2. The van der Waals surface area contributed by atoms with Gasteiger partial charge in [-0.05, 0) is 32.7 Å². The van der Waals surface area contributed by atoms with Crippen LogP contribution in [0.25, 0.3) is 0 Å². The van der Waals surface area contributed by atoms with Crippen molar-refractivity contribution in [2.75, 3.05) is 7.05 Å². The van der Waals surface area contributed by atoms with E-state index >= 15 is 0 Å². The Bertz CT molecular complexity index is 228. The Morgan fingerprint density at radius 2 is 1.92 bits per heavy atom. The molecule has 4 heteroatoms. The average Bonchev–Trinajstić information content (AvgIpc) is 2.33. The third-order valence-corrected chi connectivity index (χ3v) is 3.61. The summed E-state index contributed by atoms with van der Waals surface area (Å²) in [7, 11) is 2.07. The molecule has 0 aromatic heterocycles. The molecule has 0 aromatic carbocycles. The lowest BCUT2D eigenvalue weighted by molar-refractivity contribution is -0.146. The molecule has 0 aliphatic carbocycles. The fourth-order valence-electron chi connectivity index (χ4n) is 2.68. The molecule has 0 saturated carbocycles. The standard InChI is InChI=1S/C9H16N2O2/c1-11-6-2-3-7(11)5-9(10,4-6)8(12)13/h6-7H,2-5,10H2,1H3,(H,12,13)/t6-,7-/m1/s1. The third-order valence-electron chi connectivity index (χ3n) is 3.61. The fraction of sp³-hybridized carbons (Fsp3) is 0.889. The first-order chi connectivity index (χ1) is 6.03. The van der Waals surface area contributed by atoms with Crippen LogP contribution in [-0.4, -0.2) is 40.6 Å². The van der Waals surface area contributed by atoms with Gasteiger partial charge in [0.2, 0.25) is 0 Å². The Labute approximate surface area is 77.7 Å². The summed E-state index contributed by atoms with van der Waals surface area (Å²) in [6.45, 7) is 0. The average molecular weight is 184 g/mol. The maximum absolute atomic E-state index is 11.0. The number of nitrogens with two attached hydrogens (primary N) is 1. The van der Waals surface area contributed by atoms with Gasteiger partial charge >= 0.3 is 5.97 Å². The van der Waals surface area contributed by atoms with Crippen molar-refractivity contribution in [2.45, 2.75) is 43.3 Å². The first-order valence-corrected chi connectivity index (χ1v) is 4.77. The summed E-state index contributed by atoms with van der Waals surface area (Å²) in [6, 6.07) is 0.777. The van der Waals surface area contributed by atoms with Crippen molar-refractivity contribution < 1.29 is 9.90 Å². The predicted molar refractivity (Wildman–Crippen MR) is 48.4 cm³/mol. The van der Waals surface area contributed by atoms with Crippen LogP contribution >= 0.6 is 0 Å². The molecule has 13 heavy (non-hydrogen) atoms. The fourth-order valence-corrected chi connectivity index (χ4v) is 2.68. The van der Waals surface area contributed by atoms with Crippen molar-refractivity contribution in [1.82, 2.24) is 4.90 Å². The molecule has 0 radical (unpaired) electrons. The van der Waals surface area contributed by atoms with Crippen molar-refractivity contribution in [3.8, 4) is 0 Å². The molecule has 2 aliphatic heterocycles. The van der Waals surface area contributed by atoms with Crippen LogP contribution in [0.1, 0.15) is 25.7 Å². The Balaban J connectivity index is 2.19. The Morgan fingerprint density at radius 3 is 2.31 bits per heavy atom. The summed E-state index contributed by atoms with van der Waals surface area (Å²) in [5.41, 5.74) is 4.90. The van der Waals surface area contributed by atoms with Crippen LogP contribution in [0.4, 0.5) is 0 Å². The topological polar surface area (TPSA) is 66.6 Å². The maximum Gasteiger partial charge on any atom is 0.323 e. The molecule has 2 fully saturated rings. The van der Waals surface area contributed by atoms with Crippen LogP contribution in [0, 0.1) is 0 Å². The molecule has 0 amide bonds. The van der Waals surface area contributed by atoms with Gasteiger partial charge in [0, 0.05) is 12.1 Å². The molecule has 2 bridgehead atoms. The van der Waals surface area contributed by atoms with Gasteiger partial charge in [-0.3, -0.25) is 4.79 Å². The zero-order valence-corrected chi connectivity index (χ0v) is 7.86. The van der Waals surface area contributed by atoms with Crippen LogP contribution < -0.4 is 5.73 Å². The van der Waals surface area contributed by atoms with Crippen LogP contribution in [-0.2, 0) is 4.79 Å². The van der Waals surface area contributed by atoms with Gasteiger partial charge in [0.25, 0.3) is 0 Å². The van der Waals surface area contributed by atoms with Gasteiger partial charge < -0.3 is 15.7 Å². The minimum absolute atomic E-state index is 0.389. The Morgan fingerprint density at radius 1 is 1.46 bits per heavy atom. The van der Waals surface area contributed by atoms with Gasteiger partial charge in [-0.15, -0.1) is 0 Å². The lowest BCUT2D eigenvalue weighted by Crippen LogP contribution is -2.58. The number of piperidine rings is 1. The normalized spacial score (nSPS) is 45.1. The van der Waals surface area contributed by atoms with Gasteiger partial charge in [0.05, 0.1) is 0 Å². The second-order valence-corrected chi connectivity index (χ2v) is 4.42. The predicted octanol–water partition coefficient (Wildman–Crippen LogP) is 0.0251. The van der Waals surface area contributed by atoms with Crippen molar-refractivity contribution in [2.24, 2.45) is 5.73 Å². The van der Waals surface area contributed by atoms with Crippen LogP contribution in [0.5, 0.6) is 0 Å². The first-order valence-electron chi connectivity index (χ1n) is 4.77. The van der Waals surface area contributed by atoms with E-state index in [1.54, 1.807) is 0 Å². The van der Waals surface area contributed by atoms with Crippen molar-refractivity contribution in [3.63, 3.8) is 0 Å². The van der Waals surface area contributed by atoms with E-state index in [0.29, 0.717) is 24.9 Å². The number of fused-ring (bicyclic) bond motifs is 2. The number of carboxylic acids is 1. The monoisotopic (exact) mass is 184 g/mol. The molecular weight excluding hydrogens is 168 g/mol. The lowest BCUT2D eigenvalue weighted by atomic mass is 9.84. The van der Waals surface area contributed by atoms with Gasteiger partial charge in [0.1, 0.15) is 5.54 Å². The van der Waals surface area contributed by atoms with E-state index in [2.05, 4.69) is 11.9 Å². The molecule has 4 nitrogen and oxygen atoms in total. The van der Waals surface area contributed by atoms with E-state index in [-0.39, 0.29) is 0 Å². The van der Waals surface area contributed by atoms with Crippen molar-refractivity contribution in [3.05, 3.63) is 0 Å². The second kappa shape index (κ2) is 2.69. The quantitative estimate of drug-likeness (QED) is 0.603. The molecule has 2 saturated heterocycles. The molecule has 0 unspecified atom stereocenters. The Hall–Kier alpha value is -0.610. The maximum atomic E-state index is 11.0. The minimum Gasteiger partial charge on any atom is -0.480 e. The van der Waals surface area contributed by atoms with E-state index in [0.717, 1.165) is 12.8 Å². The van der Waals surface area contributed by atoms with E-state index in [1.807, 2.05) is 0 Å². The number of carboxylic acid groups (broad SMARTS) is 1. The van der Waals surface area contributed by atoms with Crippen LogP contribution in [0.15, 0.2) is 0 Å². The van der Waals surface area contributed by atoms with Gasteiger partial charge in [-0.1, -0.05) is 0 Å². The zero-order chi connectivity index (χ0) is 9.64. The highest BCUT2D eigenvalue weighted by molar-refractivity contribution is 5.78. The smallest absolute Gasteiger partial charge is 0.323 e. The number of carbonyl (C=O) groups is 1. The van der Waals surface area contributed by atoms with E-state index in [4.69, 9.17) is 10.8 Å². The summed E-state index contributed by atoms with van der Waals surface area (Å²) in [5.74, 6) is -0.836. The SMILES string of the molecule is CN1[C@@H]2CC[C@@H]1CC(N)(C(=O)O)C2. The van der Waals surface area contributed by atoms with Gasteiger partial charge in [-0.2, -0.15) is 0 Å². The second-order valence-electron chi connectivity index (χ2n) is 4.42. The third kappa shape index (κ3) is 1.25. The molecule has 74 valence electrons. The number of rotatable bonds is 1. The molecule has 2 aliphatic rings. The molecule has 2 atom stereocenters. The van der Waals surface area contributed by atoms with E-state index in [9.17, 15) is 4.79 Å². The summed E-state index contributed by atoms with van der Waals surface area (Å²) < 4.78 is 0. The molecule has 0 spiro atoms. The van der Waals surface area contributed by atoms with Crippen LogP contribution in [0.3, 0.4) is 0 Å². The number of nitrogens with zero attached hydrogens (tertiary/aromatic N) is 1. The summed E-state index contributed by atoms with van der Waals surface area (Å²) >= 11 is 0. The highest BCUT2D eigenvalue weighted by Gasteiger charge is 2.48. The number of hydrogen-bond acceptors (Lipinski definition) is 3. The van der Waals surface area contributed by atoms with Crippen LogP contribution in [0.2, 0.25) is 0 Å². The highest BCUT2D eigenvalue weighted by atomic mass is 16.4. The minimum atomic E-state index is -0.960. The lowest BCUT2D eigenvalue weighted by Gasteiger charge is -2.40. The van der Waals surface area contributed by atoms with E-state index in [1.165, 1.54) is 0 Å². The summed E-state index contributed by atoms with van der Waals surface area (Å²) in [6.07, 6.45) is 3.42. The van der Waals surface area contributed by atoms with Crippen molar-refractivity contribution in [1.29, 1.82) is 0 Å². The zero-order valence-electron chi connectivity index (χ0n) is 7.86. The Kier molecular flexibility index (Phi) is 1.85. The van der Waals surface area contributed by atoms with E-state index < -0.39 is 11.5 Å². The molecule has 0 aromatic rings.